The molecule has 0 bridgehead atoms. The molecule has 0 rings (SSSR count). The molecule has 0 spiro atoms. The van der Waals surface area contributed by atoms with E-state index in [0.717, 1.165) is 120 Å². The molecule has 0 aromatic heterocycles. The molecule has 0 aromatic rings. The second-order valence-electron chi connectivity index (χ2n) is 31.0. The molecule has 0 aliphatic heterocycles. The highest BCUT2D eigenvalue weighted by molar-refractivity contribution is 7.47. The van der Waals surface area contributed by atoms with Crippen LogP contribution in [-0.2, 0) is 65.4 Å². The van der Waals surface area contributed by atoms with Gasteiger partial charge in [-0.2, -0.15) is 0 Å². The molecule has 17 nitrogen and oxygen atoms in total. The van der Waals surface area contributed by atoms with E-state index < -0.39 is 97.5 Å². The highest BCUT2D eigenvalue weighted by Gasteiger charge is 2.30. The van der Waals surface area contributed by atoms with E-state index in [1.165, 1.54) is 218 Å². The molecule has 0 heterocycles. The third-order valence-electron chi connectivity index (χ3n) is 19.8. The van der Waals surface area contributed by atoms with Gasteiger partial charge in [-0.3, -0.25) is 37.3 Å². The molecule has 101 heavy (non-hydrogen) atoms. The Morgan fingerprint density at radius 2 is 0.475 bits per heavy atom. The van der Waals surface area contributed by atoms with Crippen LogP contribution in [0.3, 0.4) is 0 Å². The zero-order chi connectivity index (χ0) is 74.6. The van der Waals surface area contributed by atoms with Crippen LogP contribution in [0.2, 0.25) is 0 Å². The van der Waals surface area contributed by atoms with Gasteiger partial charge in [-0.05, 0) is 49.4 Å². The first kappa shape index (κ1) is 99.1. The van der Waals surface area contributed by atoms with Gasteiger partial charge in [0.2, 0.25) is 0 Å². The van der Waals surface area contributed by atoms with Crippen LogP contribution in [0.5, 0.6) is 0 Å². The topological polar surface area (TPSA) is 237 Å². The standard InChI is InChI=1S/C82H160O17P2/c1-9-74(7)60-52-44-36-30-24-18-15-16-20-26-32-38-48-56-64-81(86)98-77(68-92-79(84)62-54-46-37-31-25-19-14-12-11-13-17-22-28-34-42-50-58-72(3)4)70-96-100(88,89)94-66-76(83)67-95-101(90,91)97-71-78(69-93-80(85)63-55-47-41-40-45-53-61-75(8)10-2)99-82(87)65-57-49-39-33-27-21-23-29-35-43-51-59-73(5)6/h72-78,83H,9-71H2,1-8H3,(H,88,89)(H,90,91)/t74?,75?,76-,77-,78-/m1/s1. The number of aliphatic hydroxyl groups is 1. The molecule has 600 valence electrons. The Morgan fingerprint density at radius 1 is 0.277 bits per heavy atom. The van der Waals surface area contributed by atoms with Gasteiger partial charge in [0.1, 0.15) is 19.3 Å². The number of phosphoric acid groups is 2. The summed E-state index contributed by atoms with van der Waals surface area (Å²) in [6.07, 6.45) is 58.2. The number of phosphoric ester groups is 2. The van der Waals surface area contributed by atoms with Gasteiger partial charge in [-0.1, -0.05) is 370 Å². The highest BCUT2D eigenvalue weighted by Crippen LogP contribution is 2.45. The first-order valence-corrected chi connectivity index (χ1v) is 45.3. The average Bonchev–Trinajstić information content (AvgIpc) is 0.939. The molecule has 0 saturated heterocycles. The van der Waals surface area contributed by atoms with Crippen molar-refractivity contribution in [2.75, 3.05) is 39.6 Å². The van der Waals surface area contributed by atoms with E-state index in [-0.39, 0.29) is 25.7 Å². The fraction of sp³-hybridized carbons (Fsp3) is 0.951. The molecule has 0 fully saturated rings. The van der Waals surface area contributed by atoms with Crippen molar-refractivity contribution in [3.8, 4) is 0 Å². The summed E-state index contributed by atoms with van der Waals surface area (Å²) in [4.78, 5) is 73.1. The molecule has 0 radical (unpaired) electrons. The van der Waals surface area contributed by atoms with Gasteiger partial charge in [0.05, 0.1) is 26.4 Å². The summed E-state index contributed by atoms with van der Waals surface area (Å²) in [7, 11) is -9.92. The predicted molar refractivity (Wildman–Crippen MR) is 414 cm³/mol. The molecule has 7 atom stereocenters. The Kier molecular flexibility index (Phi) is 69.6. The van der Waals surface area contributed by atoms with Gasteiger partial charge in [0.15, 0.2) is 12.2 Å². The van der Waals surface area contributed by atoms with Gasteiger partial charge in [0, 0.05) is 25.7 Å². The highest BCUT2D eigenvalue weighted by atomic mass is 31.2. The van der Waals surface area contributed by atoms with Crippen LogP contribution in [-0.4, -0.2) is 96.7 Å². The van der Waals surface area contributed by atoms with Crippen molar-refractivity contribution < 1.29 is 80.2 Å². The number of hydrogen-bond donors (Lipinski definition) is 3. The van der Waals surface area contributed by atoms with Crippen LogP contribution in [0.1, 0.15) is 421 Å². The van der Waals surface area contributed by atoms with Crippen molar-refractivity contribution in [2.45, 2.75) is 440 Å². The SMILES string of the molecule is CCC(C)CCCCCCCCCCCCCCCCC(=O)O[C@H](COC(=O)CCCCCCCCCCCCCCCCCCC(C)C)COP(=O)(O)OC[C@@H](O)COP(=O)(O)OC[C@@H](COC(=O)CCCCCCCCC(C)CC)OC(=O)CCCCCCCCCCCCCC(C)C. The average molecular weight is 1480 g/mol. The molecule has 4 unspecified atom stereocenters. The van der Waals surface area contributed by atoms with Crippen LogP contribution < -0.4 is 0 Å². The zero-order valence-corrected chi connectivity index (χ0v) is 68.3. The third kappa shape index (κ3) is 73.4. The molecule has 0 saturated carbocycles. The summed E-state index contributed by atoms with van der Waals surface area (Å²) in [5, 5.41) is 10.6. The van der Waals surface area contributed by atoms with E-state index in [4.69, 9.17) is 37.0 Å². The van der Waals surface area contributed by atoms with Crippen molar-refractivity contribution in [2.24, 2.45) is 23.7 Å². The van der Waals surface area contributed by atoms with Crippen molar-refractivity contribution in [3.63, 3.8) is 0 Å². The number of rotatable bonds is 79. The summed E-state index contributed by atoms with van der Waals surface area (Å²) >= 11 is 0. The van der Waals surface area contributed by atoms with E-state index in [2.05, 4.69) is 55.4 Å². The fourth-order valence-corrected chi connectivity index (χ4v) is 14.1. The summed E-state index contributed by atoms with van der Waals surface area (Å²) in [5.74, 6) is 1.04. The number of hydrogen-bond acceptors (Lipinski definition) is 15. The van der Waals surface area contributed by atoms with Crippen molar-refractivity contribution in [1.82, 2.24) is 0 Å². The quantitative estimate of drug-likeness (QED) is 0.0222. The first-order chi connectivity index (χ1) is 48.7. The van der Waals surface area contributed by atoms with E-state index in [1.807, 2.05) is 0 Å². The van der Waals surface area contributed by atoms with Crippen LogP contribution >= 0.6 is 15.6 Å². The van der Waals surface area contributed by atoms with Crippen molar-refractivity contribution >= 4 is 39.5 Å². The first-order valence-electron chi connectivity index (χ1n) is 42.3. The predicted octanol–water partition coefficient (Wildman–Crippen LogP) is 24.4. The molecule has 3 N–H and O–H groups in total. The maximum absolute atomic E-state index is 13.1. The lowest BCUT2D eigenvalue weighted by Crippen LogP contribution is -2.30. The molecule has 0 aromatic carbocycles. The Labute approximate surface area is 619 Å². The van der Waals surface area contributed by atoms with Crippen molar-refractivity contribution in [3.05, 3.63) is 0 Å². The minimum atomic E-state index is -4.96. The normalized spacial score (nSPS) is 14.5. The Morgan fingerprint density at radius 3 is 0.703 bits per heavy atom. The maximum atomic E-state index is 13.1. The monoisotopic (exact) mass is 1480 g/mol. The van der Waals surface area contributed by atoms with E-state index in [0.29, 0.717) is 25.7 Å². The lowest BCUT2D eigenvalue weighted by molar-refractivity contribution is -0.161. The summed E-state index contributed by atoms with van der Waals surface area (Å²) in [6, 6.07) is 0. The number of unbranched alkanes of at least 4 members (excludes halogenated alkanes) is 43. The van der Waals surface area contributed by atoms with Gasteiger partial charge in [-0.25, -0.2) is 9.13 Å². The number of carbonyl (C=O) groups is 4. The smallest absolute Gasteiger partial charge is 0.462 e. The Balaban J connectivity index is 5.25. The van der Waals surface area contributed by atoms with Gasteiger partial charge >= 0.3 is 39.5 Å². The number of aliphatic hydroxyl groups excluding tert-OH is 1. The number of carbonyl (C=O) groups excluding carboxylic acids is 4. The molecular formula is C82H160O17P2. The molecular weight excluding hydrogens is 1320 g/mol. The van der Waals surface area contributed by atoms with Crippen LogP contribution in [0.15, 0.2) is 0 Å². The number of esters is 4. The van der Waals surface area contributed by atoms with Crippen molar-refractivity contribution in [1.29, 1.82) is 0 Å². The summed E-state index contributed by atoms with van der Waals surface area (Å²) in [5.41, 5.74) is 0. The maximum Gasteiger partial charge on any atom is 0.472 e. The summed E-state index contributed by atoms with van der Waals surface area (Å²) < 4.78 is 68.7. The van der Waals surface area contributed by atoms with Gasteiger partial charge in [0.25, 0.3) is 0 Å². The van der Waals surface area contributed by atoms with Crippen LogP contribution in [0.25, 0.3) is 0 Å². The minimum Gasteiger partial charge on any atom is -0.462 e. The zero-order valence-electron chi connectivity index (χ0n) is 66.5. The van der Waals surface area contributed by atoms with E-state index in [1.54, 1.807) is 0 Å². The van der Waals surface area contributed by atoms with Crippen LogP contribution in [0.4, 0.5) is 0 Å². The van der Waals surface area contributed by atoms with E-state index >= 15 is 0 Å². The lowest BCUT2D eigenvalue weighted by Gasteiger charge is -2.21. The second kappa shape index (κ2) is 71.0. The number of ether oxygens (including phenoxy) is 4. The molecule has 0 amide bonds. The largest absolute Gasteiger partial charge is 0.472 e. The second-order valence-corrected chi connectivity index (χ2v) is 33.9. The molecule has 0 aliphatic rings. The van der Waals surface area contributed by atoms with Crippen LogP contribution in [0, 0.1) is 23.7 Å². The lowest BCUT2D eigenvalue weighted by atomic mass is 9.99. The fourth-order valence-electron chi connectivity index (χ4n) is 12.5. The van der Waals surface area contributed by atoms with Gasteiger partial charge < -0.3 is 33.8 Å². The summed E-state index contributed by atoms with van der Waals surface area (Å²) in [6.45, 7) is 14.3. The minimum absolute atomic E-state index is 0.105. The van der Waals surface area contributed by atoms with Gasteiger partial charge in [-0.15, -0.1) is 0 Å². The van der Waals surface area contributed by atoms with E-state index in [9.17, 15) is 43.2 Å². The Hall–Kier alpha value is -1.94. The Bertz CT molecular complexity index is 1980. The molecule has 19 heteroatoms. The third-order valence-corrected chi connectivity index (χ3v) is 21.7. The molecule has 0 aliphatic carbocycles.